The molecule has 0 amide bonds. The van der Waals surface area contributed by atoms with Crippen LogP contribution in [0.3, 0.4) is 0 Å². The Morgan fingerprint density at radius 3 is 2.68 bits per heavy atom. The number of rotatable bonds is 7. The van der Waals surface area contributed by atoms with Crippen molar-refractivity contribution in [1.29, 1.82) is 0 Å². The molecule has 0 spiro atoms. The Morgan fingerprint density at radius 2 is 1.96 bits per heavy atom. The Hall–Kier alpha value is -2.66. The van der Waals surface area contributed by atoms with Crippen LogP contribution in [0.15, 0.2) is 59.0 Å². The standard InChI is InChI=1S/C20H17FO3S/c1-2-18-10-12-20(25-18)19(22)11-9-16-7-8-17(24-16)13-23-15-5-3-14(21)4-6-15/h3-12H,2,13H2,1H3/b11-9+. The molecule has 0 aliphatic carbocycles. The lowest BCUT2D eigenvalue weighted by atomic mass is 10.2. The third kappa shape index (κ3) is 4.67. The quantitative estimate of drug-likeness (QED) is 0.413. The lowest BCUT2D eigenvalue weighted by Gasteiger charge is -2.03. The van der Waals surface area contributed by atoms with Gasteiger partial charge in [-0.2, -0.15) is 0 Å². The van der Waals surface area contributed by atoms with Crippen LogP contribution in [0.1, 0.15) is 33.0 Å². The second kappa shape index (κ2) is 7.94. The van der Waals surface area contributed by atoms with Crippen LogP contribution < -0.4 is 4.74 Å². The molecule has 25 heavy (non-hydrogen) atoms. The Kier molecular flexibility index (Phi) is 5.46. The molecule has 3 rings (SSSR count). The van der Waals surface area contributed by atoms with Crippen molar-refractivity contribution in [2.45, 2.75) is 20.0 Å². The van der Waals surface area contributed by atoms with E-state index in [-0.39, 0.29) is 18.2 Å². The van der Waals surface area contributed by atoms with Crippen molar-refractivity contribution in [3.63, 3.8) is 0 Å². The van der Waals surface area contributed by atoms with E-state index in [1.54, 1.807) is 30.3 Å². The Balaban J connectivity index is 1.57. The molecule has 0 N–H and O–H groups in total. The van der Waals surface area contributed by atoms with Crippen molar-refractivity contribution in [3.05, 3.63) is 81.7 Å². The topological polar surface area (TPSA) is 39.4 Å². The number of aryl methyl sites for hydroxylation is 1. The fraction of sp³-hybridized carbons (Fsp3) is 0.150. The summed E-state index contributed by atoms with van der Waals surface area (Å²) in [6.07, 6.45) is 4.08. The molecule has 3 aromatic rings. The summed E-state index contributed by atoms with van der Waals surface area (Å²) in [6, 6.07) is 13.2. The maximum Gasteiger partial charge on any atom is 0.195 e. The highest BCUT2D eigenvalue weighted by atomic mass is 32.1. The highest BCUT2D eigenvalue weighted by Crippen LogP contribution is 2.19. The number of thiophene rings is 1. The van der Waals surface area contributed by atoms with E-state index in [9.17, 15) is 9.18 Å². The maximum absolute atomic E-state index is 12.8. The second-order valence-corrected chi connectivity index (χ2v) is 6.53. The highest BCUT2D eigenvalue weighted by molar-refractivity contribution is 7.14. The van der Waals surface area contributed by atoms with Crippen molar-refractivity contribution in [1.82, 2.24) is 0 Å². The molecule has 5 heteroatoms. The van der Waals surface area contributed by atoms with E-state index in [1.807, 2.05) is 12.1 Å². The predicted octanol–water partition coefficient (Wildman–Crippen LogP) is 5.52. The summed E-state index contributed by atoms with van der Waals surface area (Å²) in [7, 11) is 0. The van der Waals surface area contributed by atoms with Crippen LogP contribution in [-0.2, 0) is 13.0 Å². The zero-order valence-corrected chi connectivity index (χ0v) is 14.5. The van der Waals surface area contributed by atoms with Gasteiger partial charge in [0, 0.05) is 4.88 Å². The first-order chi connectivity index (χ1) is 12.1. The van der Waals surface area contributed by atoms with Crippen molar-refractivity contribution >= 4 is 23.2 Å². The van der Waals surface area contributed by atoms with Gasteiger partial charge in [0.15, 0.2) is 5.78 Å². The first-order valence-electron chi connectivity index (χ1n) is 7.92. The molecule has 128 valence electrons. The lowest BCUT2D eigenvalue weighted by molar-refractivity contribution is 0.105. The van der Waals surface area contributed by atoms with Crippen LogP contribution in [0.25, 0.3) is 6.08 Å². The van der Waals surface area contributed by atoms with E-state index >= 15 is 0 Å². The summed E-state index contributed by atoms with van der Waals surface area (Å²) in [4.78, 5) is 14.0. The third-order valence-electron chi connectivity index (χ3n) is 3.53. The first-order valence-corrected chi connectivity index (χ1v) is 8.74. The van der Waals surface area contributed by atoms with Gasteiger partial charge in [-0.3, -0.25) is 4.79 Å². The molecule has 0 radical (unpaired) electrons. The number of hydrogen-bond acceptors (Lipinski definition) is 4. The molecule has 0 atom stereocenters. The monoisotopic (exact) mass is 356 g/mol. The zero-order valence-electron chi connectivity index (χ0n) is 13.7. The second-order valence-electron chi connectivity index (χ2n) is 5.36. The van der Waals surface area contributed by atoms with Crippen molar-refractivity contribution in [2.24, 2.45) is 0 Å². The van der Waals surface area contributed by atoms with Gasteiger partial charge in [-0.05, 0) is 67.1 Å². The largest absolute Gasteiger partial charge is 0.486 e. The van der Waals surface area contributed by atoms with Crippen LogP contribution in [0.4, 0.5) is 4.39 Å². The smallest absolute Gasteiger partial charge is 0.195 e. The number of carbonyl (C=O) groups excluding carboxylic acids is 1. The predicted molar refractivity (Wildman–Crippen MR) is 96.5 cm³/mol. The number of carbonyl (C=O) groups is 1. The minimum Gasteiger partial charge on any atom is -0.486 e. The molecular weight excluding hydrogens is 339 g/mol. The van der Waals surface area contributed by atoms with E-state index in [2.05, 4.69) is 6.92 Å². The minimum absolute atomic E-state index is 0.0368. The number of ketones is 1. The molecule has 1 aromatic carbocycles. The fourth-order valence-corrected chi connectivity index (χ4v) is 3.05. The van der Waals surface area contributed by atoms with Crippen LogP contribution in [-0.4, -0.2) is 5.78 Å². The number of ether oxygens (including phenoxy) is 1. The fourth-order valence-electron chi connectivity index (χ4n) is 2.19. The van der Waals surface area contributed by atoms with Gasteiger partial charge in [0.25, 0.3) is 0 Å². The van der Waals surface area contributed by atoms with Gasteiger partial charge in [-0.25, -0.2) is 4.39 Å². The van der Waals surface area contributed by atoms with Gasteiger partial charge >= 0.3 is 0 Å². The average molecular weight is 356 g/mol. The van der Waals surface area contributed by atoms with Crippen molar-refractivity contribution < 1.29 is 18.3 Å². The molecular formula is C20H17FO3S. The minimum atomic E-state index is -0.306. The van der Waals surface area contributed by atoms with Gasteiger partial charge in [0.2, 0.25) is 0 Å². The van der Waals surface area contributed by atoms with Gasteiger partial charge in [0.05, 0.1) is 4.88 Å². The van der Waals surface area contributed by atoms with E-state index in [4.69, 9.17) is 9.15 Å². The molecule has 0 unspecified atom stereocenters. The molecule has 0 aliphatic heterocycles. The van der Waals surface area contributed by atoms with Gasteiger partial charge < -0.3 is 9.15 Å². The molecule has 2 heterocycles. The summed E-state index contributed by atoms with van der Waals surface area (Å²) >= 11 is 1.51. The van der Waals surface area contributed by atoms with Crippen LogP contribution in [0.2, 0.25) is 0 Å². The van der Waals surface area contributed by atoms with Crippen LogP contribution >= 0.6 is 11.3 Å². The summed E-state index contributed by atoms with van der Waals surface area (Å²) in [5.41, 5.74) is 0. The summed E-state index contributed by atoms with van der Waals surface area (Å²) in [5, 5.41) is 0. The molecule has 0 saturated carbocycles. The van der Waals surface area contributed by atoms with E-state index < -0.39 is 0 Å². The van der Waals surface area contributed by atoms with Gasteiger partial charge in [-0.15, -0.1) is 11.3 Å². The van der Waals surface area contributed by atoms with Crippen molar-refractivity contribution in [3.8, 4) is 5.75 Å². The maximum atomic E-state index is 12.8. The van der Waals surface area contributed by atoms with Crippen molar-refractivity contribution in [2.75, 3.05) is 0 Å². The summed E-state index contributed by atoms with van der Waals surface area (Å²) in [5.74, 6) is 1.43. The number of hydrogen-bond donors (Lipinski definition) is 0. The number of benzene rings is 1. The van der Waals surface area contributed by atoms with Crippen LogP contribution in [0.5, 0.6) is 5.75 Å². The molecule has 3 nitrogen and oxygen atoms in total. The Labute approximate surface area is 149 Å². The zero-order chi connectivity index (χ0) is 17.6. The number of halogens is 1. The average Bonchev–Trinajstić information content (AvgIpc) is 3.28. The van der Waals surface area contributed by atoms with Gasteiger partial charge in [0.1, 0.15) is 29.7 Å². The molecule has 0 aliphatic rings. The lowest BCUT2D eigenvalue weighted by Crippen LogP contribution is -1.93. The molecule has 0 fully saturated rings. The highest BCUT2D eigenvalue weighted by Gasteiger charge is 2.06. The molecule has 0 saturated heterocycles. The number of furan rings is 1. The summed E-state index contributed by atoms with van der Waals surface area (Å²) in [6.45, 7) is 2.30. The van der Waals surface area contributed by atoms with E-state index in [0.29, 0.717) is 17.3 Å². The SMILES string of the molecule is CCc1ccc(C(=O)/C=C/c2ccc(COc3ccc(F)cc3)o2)s1. The molecule has 2 aromatic heterocycles. The van der Waals surface area contributed by atoms with Crippen LogP contribution in [0, 0.1) is 5.82 Å². The normalized spacial score (nSPS) is 11.1. The molecule has 0 bridgehead atoms. The number of allylic oxidation sites excluding steroid dienone is 1. The summed E-state index contributed by atoms with van der Waals surface area (Å²) < 4.78 is 24.0. The Morgan fingerprint density at radius 1 is 1.16 bits per heavy atom. The van der Waals surface area contributed by atoms with E-state index in [0.717, 1.165) is 11.3 Å². The first kappa shape index (κ1) is 17.2. The third-order valence-corrected chi connectivity index (χ3v) is 4.77. The van der Waals surface area contributed by atoms with Gasteiger partial charge in [-0.1, -0.05) is 6.92 Å². The van der Waals surface area contributed by atoms with E-state index in [1.165, 1.54) is 34.4 Å². The Bertz CT molecular complexity index is 874.